The summed E-state index contributed by atoms with van der Waals surface area (Å²) in [5, 5.41) is 1.68. The number of carbonyl (C=O) groups excluding carboxylic acids is 1. The van der Waals surface area contributed by atoms with E-state index in [2.05, 4.69) is 4.98 Å². The molecule has 2 aromatic heterocycles. The van der Waals surface area contributed by atoms with Crippen molar-refractivity contribution in [3.8, 4) is 0 Å². The number of hydrogen-bond acceptors (Lipinski definition) is 4. The van der Waals surface area contributed by atoms with Gasteiger partial charge in [0, 0.05) is 16.2 Å². The number of pyridine rings is 1. The Labute approximate surface area is 185 Å². The van der Waals surface area contributed by atoms with E-state index in [1.54, 1.807) is 48.5 Å². The highest BCUT2D eigenvalue weighted by Gasteiger charge is 2.44. The van der Waals surface area contributed by atoms with Gasteiger partial charge in [-0.15, -0.1) is 0 Å². The smallest absolute Gasteiger partial charge is 0.296 e. The number of amides is 1. The number of anilines is 1. The lowest BCUT2D eigenvalue weighted by Crippen LogP contribution is -2.30. The summed E-state index contributed by atoms with van der Waals surface area (Å²) in [7, 11) is 0. The molecule has 1 atom stereocenters. The summed E-state index contributed by atoms with van der Waals surface area (Å²) in [5.41, 5.74) is 0.890. The van der Waals surface area contributed by atoms with Gasteiger partial charge in [-0.05, 0) is 48.0 Å². The molecule has 0 fully saturated rings. The van der Waals surface area contributed by atoms with Crippen molar-refractivity contribution in [1.29, 1.82) is 0 Å². The topological polar surface area (TPSA) is 63.4 Å². The summed E-state index contributed by atoms with van der Waals surface area (Å²) in [6.45, 7) is 0. The van der Waals surface area contributed by atoms with Crippen LogP contribution in [0.5, 0.6) is 0 Å². The molecule has 1 amide bonds. The monoisotopic (exact) mass is 456 g/mol. The fourth-order valence-corrected chi connectivity index (χ4v) is 4.06. The van der Waals surface area contributed by atoms with Crippen molar-refractivity contribution < 1.29 is 9.21 Å². The Hall–Kier alpha value is -2.86. The number of benzene rings is 2. The molecule has 0 aliphatic carbocycles. The van der Waals surface area contributed by atoms with E-state index in [0.717, 1.165) is 0 Å². The van der Waals surface area contributed by atoms with Crippen LogP contribution in [-0.2, 0) is 0 Å². The molecule has 1 aliphatic rings. The summed E-state index contributed by atoms with van der Waals surface area (Å²) in [5.74, 6) is -0.141. The molecule has 0 saturated heterocycles. The van der Waals surface area contributed by atoms with Crippen molar-refractivity contribution >= 4 is 57.5 Å². The SMILES string of the molecule is O=C1c2oc3ccc(Cl)cc3c(=O)c2[C@H](c2ccc(Cl)cc2)N1c1ccc(Cl)cn1. The third kappa shape index (κ3) is 2.98. The van der Waals surface area contributed by atoms with Gasteiger partial charge < -0.3 is 4.42 Å². The molecule has 30 heavy (non-hydrogen) atoms. The first-order valence-electron chi connectivity index (χ1n) is 8.91. The largest absolute Gasteiger partial charge is 0.450 e. The Morgan fingerprint density at radius 2 is 1.57 bits per heavy atom. The Morgan fingerprint density at radius 3 is 2.27 bits per heavy atom. The molecule has 5 rings (SSSR count). The minimum Gasteiger partial charge on any atom is -0.450 e. The van der Waals surface area contributed by atoms with Crippen LogP contribution >= 0.6 is 34.8 Å². The summed E-state index contributed by atoms with van der Waals surface area (Å²) in [6.07, 6.45) is 1.44. The Kier molecular flexibility index (Phi) is 4.54. The van der Waals surface area contributed by atoms with E-state index in [0.29, 0.717) is 31.8 Å². The van der Waals surface area contributed by atoms with Crippen molar-refractivity contribution in [2.45, 2.75) is 6.04 Å². The summed E-state index contributed by atoms with van der Waals surface area (Å²) >= 11 is 18.1. The van der Waals surface area contributed by atoms with Crippen molar-refractivity contribution in [3.63, 3.8) is 0 Å². The third-order valence-corrected chi connectivity index (χ3v) is 5.69. The second kappa shape index (κ2) is 7.13. The lowest BCUT2D eigenvalue weighted by Gasteiger charge is -2.24. The van der Waals surface area contributed by atoms with Gasteiger partial charge in [-0.2, -0.15) is 0 Å². The van der Waals surface area contributed by atoms with E-state index in [1.807, 2.05) is 0 Å². The average Bonchev–Trinajstić information content (AvgIpc) is 3.03. The van der Waals surface area contributed by atoms with Gasteiger partial charge >= 0.3 is 0 Å². The lowest BCUT2D eigenvalue weighted by molar-refractivity contribution is 0.0970. The van der Waals surface area contributed by atoms with E-state index in [-0.39, 0.29) is 22.3 Å². The standard InChI is InChI=1S/C22H11Cl3N2O3/c23-12-3-1-11(2-4-12)19-18-20(28)15-9-13(24)5-7-16(15)30-21(18)22(29)27(19)17-8-6-14(25)10-26-17/h1-10,19H/t19-/m0/s1. The second-order valence-electron chi connectivity index (χ2n) is 6.78. The number of aromatic nitrogens is 1. The van der Waals surface area contributed by atoms with E-state index in [9.17, 15) is 9.59 Å². The molecule has 4 aromatic rings. The number of hydrogen-bond donors (Lipinski definition) is 0. The van der Waals surface area contributed by atoms with Crippen LogP contribution in [0.25, 0.3) is 11.0 Å². The summed E-state index contributed by atoms with van der Waals surface area (Å²) in [4.78, 5) is 32.5. The van der Waals surface area contributed by atoms with Gasteiger partial charge in [0.25, 0.3) is 5.91 Å². The van der Waals surface area contributed by atoms with E-state index in [1.165, 1.54) is 17.2 Å². The molecular weight excluding hydrogens is 447 g/mol. The van der Waals surface area contributed by atoms with Crippen LogP contribution in [0.4, 0.5) is 5.82 Å². The van der Waals surface area contributed by atoms with Crippen LogP contribution in [0.1, 0.15) is 27.7 Å². The van der Waals surface area contributed by atoms with Crippen molar-refractivity contribution in [1.82, 2.24) is 4.98 Å². The average molecular weight is 458 g/mol. The number of carbonyl (C=O) groups is 1. The quantitative estimate of drug-likeness (QED) is 0.376. The third-order valence-electron chi connectivity index (χ3n) is 4.98. The van der Waals surface area contributed by atoms with Crippen molar-refractivity contribution in [2.24, 2.45) is 0 Å². The predicted octanol–water partition coefficient (Wildman–Crippen LogP) is 5.90. The van der Waals surface area contributed by atoms with Gasteiger partial charge in [-0.1, -0.05) is 46.9 Å². The van der Waals surface area contributed by atoms with Gasteiger partial charge in [0.2, 0.25) is 5.76 Å². The molecule has 0 saturated carbocycles. The van der Waals surface area contributed by atoms with Crippen LogP contribution in [0.2, 0.25) is 15.1 Å². The van der Waals surface area contributed by atoms with Crippen LogP contribution in [0.3, 0.4) is 0 Å². The molecule has 1 aliphatic heterocycles. The molecule has 0 bridgehead atoms. The fraction of sp³-hybridized carbons (Fsp3) is 0.0455. The highest BCUT2D eigenvalue weighted by molar-refractivity contribution is 6.31. The second-order valence-corrected chi connectivity index (χ2v) is 8.09. The minimum absolute atomic E-state index is 0.0217. The van der Waals surface area contributed by atoms with E-state index >= 15 is 0 Å². The Bertz CT molecular complexity index is 1370. The molecule has 3 heterocycles. The molecule has 8 heteroatoms. The zero-order valence-corrected chi connectivity index (χ0v) is 17.4. The molecule has 0 spiro atoms. The maximum Gasteiger partial charge on any atom is 0.296 e. The molecule has 148 valence electrons. The fourth-order valence-electron chi connectivity index (χ4n) is 3.65. The normalized spacial score (nSPS) is 15.6. The number of halogens is 3. The first-order valence-corrected chi connectivity index (χ1v) is 10.0. The highest BCUT2D eigenvalue weighted by atomic mass is 35.5. The van der Waals surface area contributed by atoms with Crippen LogP contribution in [-0.4, -0.2) is 10.9 Å². The summed E-state index contributed by atoms with van der Waals surface area (Å²) < 4.78 is 5.87. The maximum absolute atomic E-state index is 13.4. The molecule has 2 aromatic carbocycles. The first kappa shape index (κ1) is 19.1. The molecule has 0 N–H and O–H groups in total. The lowest BCUT2D eigenvalue weighted by atomic mass is 9.98. The number of fused-ring (bicyclic) bond motifs is 2. The zero-order chi connectivity index (χ0) is 21.0. The highest BCUT2D eigenvalue weighted by Crippen LogP contribution is 2.41. The van der Waals surface area contributed by atoms with Crippen molar-refractivity contribution in [2.75, 3.05) is 4.90 Å². The van der Waals surface area contributed by atoms with Gasteiger partial charge in [0.1, 0.15) is 11.4 Å². The number of rotatable bonds is 2. The summed E-state index contributed by atoms with van der Waals surface area (Å²) in [6, 6.07) is 14.2. The van der Waals surface area contributed by atoms with E-state index < -0.39 is 11.9 Å². The van der Waals surface area contributed by atoms with E-state index in [4.69, 9.17) is 39.2 Å². The molecular formula is C22H11Cl3N2O3. The van der Waals surface area contributed by atoms with Gasteiger partial charge in [-0.25, -0.2) is 4.98 Å². The van der Waals surface area contributed by atoms with Gasteiger partial charge in [0.15, 0.2) is 5.43 Å². The van der Waals surface area contributed by atoms with Crippen LogP contribution in [0, 0.1) is 0 Å². The number of nitrogens with zero attached hydrogens (tertiary/aromatic N) is 2. The van der Waals surface area contributed by atoms with Crippen LogP contribution < -0.4 is 10.3 Å². The molecule has 5 nitrogen and oxygen atoms in total. The minimum atomic E-state index is -0.738. The Morgan fingerprint density at radius 1 is 0.867 bits per heavy atom. The maximum atomic E-state index is 13.4. The molecule has 0 radical (unpaired) electrons. The van der Waals surface area contributed by atoms with Crippen LogP contribution in [0.15, 0.2) is 70.0 Å². The predicted molar refractivity (Wildman–Crippen MR) is 117 cm³/mol. The molecule has 0 unspecified atom stereocenters. The van der Waals surface area contributed by atoms with Gasteiger partial charge in [0.05, 0.1) is 22.0 Å². The zero-order valence-electron chi connectivity index (χ0n) is 15.1. The Balaban J connectivity index is 1.81. The van der Waals surface area contributed by atoms with Gasteiger partial charge in [-0.3, -0.25) is 14.5 Å². The first-order chi connectivity index (χ1) is 14.4. The van der Waals surface area contributed by atoms with Crippen molar-refractivity contribution in [3.05, 3.63) is 103 Å².